The molecule has 57 heavy (non-hydrogen) atoms. The Bertz CT molecular complexity index is 2640. The third-order valence-electron chi connectivity index (χ3n) is 12.4. The van der Waals surface area contributed by atoms with Crippen molar-refractivity contribution < 1.29 is 28.7 Å². The highest BCUT2D eigenvalue weighted by Crippen LogP contribution is 2.65. The van der Waals surface area contributed by atoms with E-state index in [0.717, 1.165) is 21.7 Å². The number of aromatic hydroxyl groups is 1. The summed E-state index contributed by atoms with van der Waals surface area (Å²) in [5.74, 6) is -4.96. The van der Waals surface area contributed by atoms with Gasteiger partial charge in [0.05, 0.1) is 34.5 Å². The number of fused-ring (bicyclic) bond motifs is 5. The normalized spacial score (nSPS) is 25.4. The molecule has 10 nitrogen and oxygen atoms in total. The van der Waals surface area contributed by atoms with Gasteiger partial charge in [-0.05, 0) is 97.5 Å². The smallest absolute Gasteiger partial charge is 0.260 e. The summed E-state index contributed by atoms with van der Waals surface area (Å²) in [5, 5.41) is 11.8. The quantitative estimate of drug-likeness (QED) is 0.128. The Morgan fingerprint density at radius 2 is 1.56 bits per heavy atom. The van der Waals surface area contributed by atoms with Crippen molar-refractivity contribution in [3.05, 3.63) is 155 Å². The lowest BCUT2D eigenvalue weighted by molar-refractivity contribution is -0.138. The average Bonchev–Trinajstić information content (AvgIpc) is 3.84. The van der Waals surface area contributed by atoms with Crippen LogP contribution >= 0.6 is 11.6 Å². The number of aromatic nitrogens is 1. The third-order valence-corrected chi connectivity index (χ3v) is 12.7. The lowest BCUT2D eigenvalue weighted by atomic mass is 9.49. The summed E-state index contributed by atoms with van der Waals surface area (Å²) in [6.45, 7) is 1.95. The largest absolute Gasteiger partial charge is 0.508 e. The van der Waals surface area contributed by atoms with E-state index in [1.165, 1.54) is 17.0 Å². The fourth-order valence-corrected chi connectivity index (χ4v) is 10.1. The fourth-order valence-electron chi connectivity index (χ4n) is 9.85. The van der Waals surface area contributed by atoms with Crippen LogP contribution in [0.4, 0.5) is 11.4 Å². The highest BCUT2D eigenvalue weighted by Gasteiger charge is 2.70. The molecule has 0 radical (unpaired) electrons. The number of nitrogens with zero attached hydrogens (tertiary/aromatic N) is 3. The van der Waals surface area contributed by atoms with E-state index in [1.54, 1.807) is 30.3 Å². The van der Waals surface area contributed by atoms with Gasteiger partial charge in [0.2, 0.25) is 17.7 Å². The topological polar surface area (TPSA) is 133 Å². The second kappa shape index (κ2) is 13.0. The van der Waals surface area contributed by atoms with Gasteiger partial charge in [0.15, 0.2) is 5.58 Å². The van der Waals surface area contributed by atoms with Crippen molar-refractivity contribution in [2.24, 2.45) is 23.7 Å². The van der Waals surface area contributed by atoms with E-state index in [4.69, 9.17) is 16.0 Å². The molecule has 0 spiro atoms. The molecule has 2 saturated heterocycles. The van der Waals surface area contributed by atoms with Gasteiger partial charge in [0.25, 0.3) is 11.8 Å². The first-order valence-electron chi connectivity index (χ1n) is 18.9. The van der Waals surface area contributed by atoms with Gasteiger partial charge in [0.1, 0.15) is 11.3 Å². The number of nitrogens with one attached hydrogen (secondary N) is 1. The number of halogens is 1. The zero-order valence-corrected chi connectivity index (χ0v) is 31.4. The Kier molecular flexibility index (Phi) is 7.98. The summed E-state index contributed by atoms with van der Waals surface area (Å²) in [4.78, 5) is 65.1. The van der Waals surface area contributed by atoms with Crippen LogP contribution < -0.4 is 10.3 Å². The number of anilines is 2. The first kappa shape index (κ1) is 34.9. The monoisotopic (exact) mass is 774 g/mol. The maximum atomic E-state index is 15.3. The number of allylic oxidation sites excluding steroid dienone is 2. The minimum Gasteiger partial charge on any atom is -0.508 e. The number of amides is 4. The number of carbonyl (C=O) groups excluding carboxylic acids is 4. The van der Waals surface area contributed by atoms with E-state index in [9.17, 15) is 19.5 Å². The molecule has 3 heterocycles. The number of carbonyl (C=O) groups is 4. The highest BCUT2D eigenvalue weighted by atomic mass is 35.5. The van der Waals surface area contributed by atoms with E-state index in [-0.39, 0.29) is 35.4 Å². The van der Waals surface area contributed by atoms with Crippen LogP contribution in [-0.4, -0.2) is 38.7 Å². The lowest BCUT2D eigenvalue weighted by Gasteiger charge is -2.50. The zero-order chi connectivity index (χ0) is 39.2. The van der Waals surface area contributed by atoms with Gasteiger partial charge in [-0.1, -0.05) is 89.5 Å². The molecule has 2 aliphatic heterocycles. The molecule has 4 aliphatic rings. The molecule has 11 heteroatoms. The molecule has 0 bridgehead atoms. The summed E-state index contributed by atoms with van der Waals surface area (Å²) in [6, 6.07) is 35.8. The molecule has 1 saturated carbocycles. The average molecular weight is 775 g/mol. The van der Waals surface area contributed by atoms with Crippen molar-refractivity contribution in [2.75, 3.05) is 10.3 Å². The molecular formula is C46H35ClN4O6. The van der Waals surface area contributed by atoms with E-state index < -0.39 is 46.8 Å². The summed E-state index contributed by atoms with van der Waals surface area (Å²) >= 11 is 6.99. The molecular weight excluding hydrogens is 740 g/mol. The Hall–Kier alpha value is -6.52. The van der Waals surface area contributed by atoms with Crippen molar-refractivity contribution in [3.63, 3.8) is 0 Å². The summed E-state index contributed by atoms with van der Waals surface area (Å²) < 4.78 is 5.95. The number of oxazole rings is 1. The van der Waals surface area contributed by atoms with Crippen LogP contribution in [0.25, 0.3) is 22.6 Å². The number of rotatable bonds is 6. The molecule has 2 aliphatic carbocycles. The first-order valence-corrected chi connectivity index (χ1v) is 19.3. The molecule has 10 rings (SSSR count). The Morgan fingerprint density at radius 3 is 2.30 bits per heavy atom. The van der Waals surface area contributed by atoms with Gasteiger partial charge in [-0.2, -0.15) is 5.01 Å². The molecule has 2 N–H and O–H groups in total. The minimum atomic E-state index is -1.47. The molecule has 1 aromatic heterocycles. The van der Waals surface area contributed by atoms with E-state index >= 15 is 4.79 Å². The minimum absolute atomic E-state index is 0.0510. The van der Waals surface area contributed by atoms with Crippen molar-refractivity contribution in [1.29, 1.82) is 0 Å². The number of hydrazine groups is 1. The second-order valence-electron chi connectivity index (χ2n) is 15.3. The van der Waals surface area contributed by atoms with Crippen molar-refractivity contribution in [1.82, 2.24) is 9.99 Å². The van der Waals surface area contributed by atoms with Crippen LogP contribution in [0.2, 0.25) is 5.02 Å². The van der Waals surface area contributed by atoms with Crippen LogP contribution in [0, 0.1) is 30.6 Å². The number of benzene rings is 5. The van der Waals surface area contributed by atoms with E-state index in [0.29, 0.717) is 39.5 Å². The van der Waals surface area contributed by atoms with E-state index in [2.05, 4.69) is 10.4 Å². The molecule has 6 atom stereocenters. The number of aryl methyl sites for hydroxylation is 1. The third kappa shape index (κ3) is 5.20. The fraction of sp³-hybridized carbons (Fsp3) is 0.196. The van der Waals surface area contributed by atoms with Crippen LogP contribution in [0.1, 0.15) is 35.4 Å². The van der Waals surface area contributed by atoms with Gasteiger partial charge < -0.3 is 9.52 Å². The molecule has 6 unspecified atom stereocenters. The van der Waals surface area contributed by atoms with Crippen molar-refractivity contribution in [3.8, 4) is 17.2 Å². The predicted molar refractivity (Wildman–Crippen MR) is 214 cm³/mol. The number of hydrogen-bond acceptors (Lipinski definition) is 8. The predicted octanol–water partition coefficient (Wildman–Crippen LogP) is 8.35. The summed E-state index contributed by atoms with van der Waals surface area (Å²) in [6.07, 6.45) is 2.39. The maximum absolute atomic E-state index is 15.3. The second-order valence-corrected chi connectivity index (χ2v) is 15.8. The first-order chi connectivity index (χ1) is 27.6. The zero-order valence-electron chi connectivity index (χ0n) is 30.6. The van der Waals surface area contributed by atoms with Gasteiger partial charge in [0, 0.05) is 16.5 Å². The molecule has 282 valence electrons. The van der Waals surface area contributed by atoms with Crippen molar-refractivity contribution >= 4 is 57.7 Å². The molecule has 6 aromatic rings. The summed E-state index contributed by atoms with van der Waals surface area (Å²) in [5.41, 5.74) is 7.67. The van der Waals surface area contributed by atoms with Gasteiger partial charge in [-0.15, -0.1) is 0 Å². The number of hydrogen-bond donors (Lipinski definition) is 2. The van der Waals surface area contributed by atoms with Gasteiger partial charge in [-0.25, -0.2) is 4.98 Å². The van der Waals surface area contributed by atoms with Gasteiger partial charge >= 0.3 is 0 Å². The number of phenolic OH excluding ortho intramolecular Hbond substituents is 1. The standard InChI is InChI=1S/C46H35ClN4O6/c1-25-11-15-28(16-12-25)49-51-43(54)35-24-34-31(40(32-20-19-30(52)23-36(32)47)46(35,45(51)56)27-7-3-2-4-8-27)21-22-33-39(34)44(55)50(42(33)53)29-17-13-26(14-18-29)41-48-37-9-5-6-10-38(37)57-41/h2-21,23,33-35,39-40,49,52H,22,24H2,1H3. The molecule has 5 aromatic carbocycles. The Morgan fingerprint density at radius 1 is 0.825 bits per heavy atom. The van der Waals surface area contributed by atoms with Crippen LogP contribution in [0.15, 0.2) is 137 Å². The maximum Gasteiger partial charge on any atom is 0.260 e. The molecule has 4 amide bonds. The highest BCUT2D eigenvalue weighted by molar-refractivity contribution is 6.31. The molecule has 3 fully saturated rings. The Labute approximate surface area is 332 Å². The lowest BCUT2D eigenvalue weighted by Crippen LogP contribution is -2.53. The van der Waals surface area contributed by atoms with E-state index in [1.807, 2.05) is 91.9 Å². The number of para-hydroxylation sites is 2. The van der Waals surface area contributed by atoms with Crippen LogP contribution in [0.5, 0.6) is 5.75 Å². The summed E-state index contributed by atoms with van der Waals surface area (Å²) in [7, 11) is 0. The van der Waals surface area contributed by atoms with Crippen LogP contribution in [0.3, 0.4) is 0 Å². The Balaban J connectivity index is 1.07. The SMILES string of the molecule is Cc1ccc(NN2C(=O)C3CC4C(=CCC5C(=O)N(c6ccc(-c7nc8ccccc8o7)cc6)C(=O)C54)C(c4ccc(O)cc4Cl)C3(c3ccccc3)C2=O)cc1. The number of phenols is 1. The van der Waals surface area contributed by atoms with Crippen molar-refractivity contribution in [2.45, 2.75) is 31.1 Å². The van der Waals surface area contributed by atoms with Gasteiger partial charge in [-0.3, -0.25) is 29.5 Å². The van der Waals surface area contributed by atoms with Crippen LogP contribution in [-0.2, 0) is 24.6 Å². The number of imide groups is 2.